The predicted octanol–water partition coefficient (Wildman–Crippen LogP) is 0.124. The van der Waals surface area contributed by atoms with Gasteiger partial charge in [-0.2, -0.15) is 4.31 Å². The molecular weight excluding hydrogens is 398 g/mol. The molecule has 1 saturated carbocycles. The number of hydrogen-bond acceptors (Lipinski definition) is 6. The second kappa shape index (κ2) is 9.38. The van der Waals surface area contributed by atoms with Gasteiger partial charge >= 0.3 is 0 Å². The van der Waals surface area contributed by atoms with Crippen LogP contribution in [-0.4, -0.2) is 70.5 Å². The van der Waals surface area contributed by atoms with Crippen molar-refractivity contribution in [1.82, 2.24) is 14.9 Å². The Balaban J connectivity index is 1.68. The smallest absolute Gasteiger partial charge is 0.246 e. The molecule has 29 heavy (non-hydrogen) atoms. The Hall–Kier alpha value is -2.43. The molecule has 0 spiro atoms. The molecule has 0 unspecified atom stereocenters. The lowest BCUT2D eigenvalue weighted by atomic mass is 10.2. The number of ether oxygens (including phenoxy) is 2. The van der Waals surface area contributed by atoms with Crippen LogP contribution in [0.25, 0.3) is 6.08 Å². The molecule has 1 aliphatic carbocycles. The summed E-state index contributed by atoms with van der Waals surface area (Å²) in [6.45, 7) is 1.14. The fraction of sp³-hybridized carbons (Fsp3) is 0.474. The molecule has 0 aromatic heterocycles. The minimum absolute atomic E-state index is 0.0354. The molecule has 1 aromatic carbocycles. The average molecular weight is 423 g/mol. The third-order valence-electron chi connectivity index (χ3n) is 4.57. The molecule has 3 rings (SSSR count). The largest absolute Gasteiger partial charge is 0.495 e. The molecule has 10 heteroatoms. The summed E-state index contributed by atoms with van der Waals surface area (Å²) >= 11 is 0. The van der Waals surface area contributed by atoms with Gasteiger partial charge in [-0.3, -0.25) is 9.59 Å². The molecule has 1 aromatic rings. The van der Waals surface area contributed by atoms with Crippen LogP contribution in [0.15, 0.2) is 29.2 Å². The van der Waals surface area contributed by atoms with Gasteiger partial charge in [0.05, 0.1) is 26.9 Å². The number of nitrogens with zero attached hydrogens (tertiary/aromatic N) is 1. The van der Waals surface area contributed by atoms with Crippen LogP contribution in [0.3, 0.4) is 0 Å². The minimum Gasteiger partial charge on any atom is -0.495 e. The second-order valence-electron chi connectivity index (χ2n) is 6.82. The third kappa shape index (κ3) is 5.78. The topological polar surface area (TPSA) is 114 Å². The van der Waals surface area contributed by atoms with Crippen LogP contribution < -0.4 is 15.4 Å². The molecule has 0 atom stereocenters. The standard InChI is InChI=1S/C19H25N3O6S/c1-27-16-6-2-14(3-7-18(23)20-13-19(24)21-15-4-5-15)12-17(16)29(25,26)22-8-10-28-11-9-22/h2-3,6-7,12,15H,4-5,8-11,13H2,1H3,(H,20,23)(H,21,24)/b7-3+. The number of nitrogens with one attached hydrogen (secondary N) is 2. The maximum absolute atomic E-state index is 13.0. The summed E-state index contributed by atoms with van der Waals surface area (Å²) in [5.41, 5.74) is 0.523. The molecule has 1 heterocycles. The van der Waals surface area contributed by atoms with E-state index in [2.05, 4.69) is 10.6 Å². The molecule has 158 valence electrons. The lowest BCUT2D eigenvalue weighted by Gasteiger charge is -2.26. The van der Waals surface area contributed by atoms with Crippen molar-refractivity contribution in [2.45, 2.75) is 23.8 Å². The van der Waals surface area contributed by atoms with E-state index in [-0.39, 0.29) is 42.2 Å². The van der Waals surface area contributed by atoms with E-state index in [0.717, 1.165) is 12.8 Å². The van der Waals surface area contributed by atoms with Crippen molar-refractivity contribution in [3.05, 3.63) is 29.8 Å². The van der Waals surface area contributed by atoms with Gasteiger partial charge in [0.2, 0.25) is 21.8 Å². The second-order valence-corrected chi connectivity index (χ2v) is 8.73. The van der Waals surface area contributed by atoms with E-state index in [4.69, 9.17) is 9.47 Å². The summed E-state index contributed by atoms with van der Waals surface area (Å²) < 4.78 is 37.7. The zero-order valence-corrected chi connectivity index (χ0v) is 17.0. The number of benzene rings is 1. The normalized spacial score (nSPS) is 17.8. The van der Waals surface area contributed by atoms with Crippen LogP contribution in [0.4, 0.5) is 0 Å². The van der Waals surface area contributed by atoms with Crippen LogP contribution in [0, 0.1) is 0 Å². The third-order valence-corrected chi connectivity index (χ3v) is 6.49. The van der Waals surface area contributed by atoms with E-state index in [1.807, 2.05) is 0 Å². The number of hydrogen-bond donors (Lipinski definition) is 2. The molecule has 2 aliphatic rings. The van der Waals surface area contributed by atoms with Crippen LogP contribution >= 0.6 is 0 Å². The Kier molecular flexibility index (Phi) is 6.88. The van der Waals surface area contributed by atoms with Crippen LogP contribution in [0.1, 0.15) is 18.4 Å². The number of sulfonamides is 1. The van der Waals surface area contributed by atoms with Gasteiger partial charge in [0.15, 0.2) is 0 Å². The van der Waals surface area contributed by atoms with Gasteiger partial charge < -0.3 is 20.1 Å². The molecule has 1 aliphatic heterocycles. The molecule has 9 nitrogen and oxygen atoms in total. The Morgan fingerprint density at radius 3 is 2.66 bits per heavy atom. The highest BCUT2D eigenvalue weighted by atomic mass is 32.2. The van der Waals surface area contributed by atoms with Gasteiger partial charge in [-0.1, -0.05) is 6.07 Å². The van der Waals surface area contributed by atoms with Gasteiger partial charge in [0.1, 0.15) is 10.6 Å². The number of carbonyl (C=O) groups is 2. The summed E-state index contributed by atoms with van der Waals surface area (Å²) in [5.74, 6) is -0.434. The molecule has 2 N–H and O–H groups in total. The first-order chi connectivity index (χ1) is 13.9. The fourth-order valence-electron chi connectivity index (χ4n) is 2.83. The Morgan fingerprint density at radius 1 is 1.28 bits per heavy atom. The number of morpholine rings is 1. The van der Waals surface area contributed by atoms with Crippen molar-refractivity contribution in [2.24, 2.45) is 0 Å². The number of rotatable bonds is 8. The lowest BCUT2D eigenvalue weighted by Crippen LogP contribution is -2.40. The predicted molar refractivity (Wildman–Crippen MR) is 106 cm³/mol. The van der Waals surface area contributed by atoms with Gasteiger partial charge in [0, 0.05) is 25.2 Å². The zero-order chi connectivity index (χ0) is 20.9. The van der Waals surface area contributed by atoms with E-state index in [9.17, 15) is 18.0 Å². The lowest BCUT2D eigenvalue weighted by molar-refractivity contribution is -0.124. The van der Waals surface area contributed by atoms with Crippen molar-refractivity contribution in [3.8, 4) is 5.75 Å². The van der Waals surface area contributed by atoms with E-state index in [0.29, 0.717) is 18.8 Å². The summed E-state index contributed by atoms with van der Waals surface area (Å²) in [7, 11) is -2.35. The van der Waals surface area contributed by atoms with Crippen LogP contribution in [0.5, 0.6) is 5.75 Å². The number of carbonyl (C=O) groups excluding carboxylic acids is 2. The SMILES string of the molecule is COc1ccc(/C=C/C(=O)NCC(=O)NC2CC2)cc1S(=O)(=O)N1CCOCC1. The highest BCUT2D eigenvalue weighted by molar-refractivity contribution is 7.89. The van der Waals surface area contributed by atoms with E-state index in [1.165, 1.54) is 29.6 Å². The summed E-state index contributed by atoms with van der Waals surface area (Å²) in [5, 5.41) is 5.28. The van der Waals surface area contributed by atoms with E-state index >= 15 is 0 Å². The summed E-state index contributed by atoms with van der Waals surface area (Å²) in [6.07, 6.45) is 4.71. The Bertz CT molecular complexity index is 889. The summed E-state index contributed by atoms with van der Waals surface area (Å²) in [4.78, 5) is 23.6. The Morgan fingerprint density at radius 2 is 2.00 bits per heavy atom. The van der Waals surface area contributed by atoms with Crippen molar-refractivity contribution < 1.29 is 27.5 Å². The van der Waals surface area contributed by atoms with E-state index in [1.54, 1.807) is 12.1 Å². The van der Waals surface area contributed by atoms with Gasteiger partial charge in [-0.25, -0.2) is 8.42 Å². The minimum atomic E-state index is -3.75. The molecule has 2 fully saturated rings. The Labute approximate surface area is 170 Å². The van der Waals surface area contributed by atoms with Crippen molar-refractivity contribution in [1.29, 1.82) is 0 Å². The van der Waals surface area contributed by atoms with Gasteiger partial charge in [-0.05, 0) is 36.6 Å². The summed E-state index contributed by atoms with van der Waals surface area (Å²) in [6, 6.07) is 4.91. The van der Waals surface area contributed by atoms with Gasteiger partial charge in [-0.15, -0.1) is 0 Å². The molecule has 1 saturated heterocycles. The maximum Gasteiger partial charge on any atom is 0.246 e. The average Bonchev–Trinajstić information content (AvgIpc) is 3.55. The first-order valence-electron chi connectivity index (χ1n) is 9.41. The monoisotopic (exact) mass is 423 g/mol. The number of methoxy groups -OCH3 is 1. The fourth-order valence-corrected chi connectivity index (χ4v) is 4.43. The van der Waals surface area contributed by atoms with Crippen molar-refractivity contribution in [2.75, 3.05) is 40.0 Å². The quantitative estimate of drug-likeness (QED) is 0.575. The molecular formula is C19H25N3O6S. The molecule has 2 amide bonds. The van der Waals surface area contributed by atoms with E-state index < -0.39 is 15.9 Å². The number of amides is 2. The zero-order valence-electron chi connectivity index (χ0n) is 16.2. The maximum atomic E-state index is 13.0. The van der Waals surface area contributed by atoms with Crippen molar-refractivity contribution >= 4 is 27.9 Å². The highest BCUT2D eigenvalue weighted by Gasteiger charge is 2.29. The first kappa shape index (κ1) is 21.3. The highest BCUT2D eigenvalue weighted by Crippen LogP contribution is 2.28. The first-order valence-corrected chi connectivity index (χ1v) is 10.9. The van der Waals surface area contributed by atoms with Crippen LogP contribution in [-0.2, 0) is 24.3 Å². The molecule has 0 bridgehead atoms. The van der Waals surface area contributed by atoms with Crippen molar-refractivity contribution in [3.63, 3.8) is 0 Å². The van der Waals surface area contributed by atoms with Gasteiger partial charge in [0.25, 0.3) is 0 Å². The molecule has 0 radical (unpaired) electrons. The van der Waals surface area contributed by atoms with Crippen LogP contribution in [0.2, 0.25) is 0 Å².